The molecule has 0 spiro atoms. The molecule has 0 saturated heterocycles. The minimum absolute atomic E-state index is 0.357. The number of aromatic nitrogens is 3. The molecule has 6 heteroatoms. The molecule has 0 bridgehead atoms. The first-order valence-corrected chi connectivity index (χ1v) is 3.93. The van der Waals surface area contributed by atoms with Crippen LogP contribution in [0.2, 0.25) is 0 Å². The van der Waals surface area contributed by atoms with Crippen LogP contribution in [0.3, 0.4) is 0 Å². The third kappa shape index (κ3) is 1.26. The van der Waals surface area contributed by atoms with Gasteiger partial charge in [0.2, 0.25) is 0 Å². The van der Waals surface area contributed by atoms with E-state index in [1.54, 1.807) is 6.07 Å². The number of imidazole rings is 1. The molecule has 72 valence electrons. The van der Waals surface area contributed by atoms with Crippen LogP contribution in [-0.4, -0.2) is 25.6 Å². The fourth-order valence-electron chi connectivity index (χ4n) is 1.29. The molecule has 0 amide bonds. The van der Waals surface area contributed by atoms with Crippen molar-refractivity contribution in [3.05, 3.63) is 28.9 Å². The van der Waals surface area contributed by atoms with E-state index in [4.69, 9.17) is 5.11 Å². The third-order valence-corrected chi connectivity index (χ3v) is 1.87. The number of carboxylic acid groups (broad SMARTS) is 1. The lowest BCUT2D eigenvalue weighted by molar-refractivity contribution is -0.137. The second kappa shape index (κ2) is 2.99. The molecule has 2 heterocycles. The van der Waals surface area contributed by atoms with E-state index in [0.717, 1.165) is 4.57 Å². The van der Waals surface area contributed by atoms with Crippen molar-refractivity contribution in [1.29, 1.82) is 0 Å². The molecule has 0 aromatic carbocycles. The monoisotopic (exact) mass is 193 g/mol. The van der Waals surface area contributed by atoms with E-state index in [-0.39, 0.29) is 6.54 Å². The molecular weight excluding hydrogens is 186 g/mol. The van der Waals surface area contributed by atoms with Crippen molar-refractivity contribution in [2.24, 2.45) is 0 Å². The maximum Gasteiger partial charge on any atom is 0.327 e. The summed E-state index contributed by atoms with van der Waals surface area (Å²) in [4.78, 5) is 28.1. The van der Waals surface area contributed by atoms with Gasteiger partial charge in [-0.1, -0.05) is 0 Å². The number of pyridine rings is 1. The van der Waals surface area contributed by atoms with E-state index in [1.807, 2.05) is 0 Å². The Labute approximate surface area is 77.8 Å². The van der Waals surface area contributed by atoms with Crippen molar-refractivity contribution in [2.75, 3.05) is 0 Å². The second-order valence-electron chi connectivity index (χ2n) is 2.80. The highest BCUT2D eigenvalue weighted by Gasteiger charge is 2.08. The zero-order valence-corrected chi connectivity index (χ0v) is 7.10. The quantitative estimate of drug-likeness (QED) is 0.691. The minimum Gasteiger partial charge on any atom is -0.480 e. The van der Waals surface area contributed by atoms with Gasteiger partial charge in [-0.05, 0) is 6.07 Å². The Morgan fingerprint density at radius 1 is 1.64 bits per heavy atom. The molecule has 0 aliphatic heterocycles. The van der Waals surface area contributed by atoms with Crippen molar-refractivity contribution in [3.63, 3.8) is 0 Å². The third-order valence-electron chi connectivity index (χ3n) is 1.87. The number of carbonyl (C=O) groups is 1. The highest BCUT2D eigenvalue weighted by atomic mass is 16.4. The topological polar surface area (TPSA) is 88.0 Å². The van der Waals surface area contributed by atoms with E-state index < -0.39 is 11.7 Å². The zero-order chi connectivity index (χ0) is 10.1. The molecule has 0 aliphatic carbocycles. The van der Waals surface area contributed by atoms with Crippen molar-refractivity contribution in [2.45, 2.75) is 6.54 Å². The number of hydrogen-bond donors (Lipinski definition) is 2. The number of hydrogen-bond acceptors (Lipinski definition) is 3. The molecule has 2 N–H and O–H groups in total. The van der Waals surface area contributed by atoms with Crippen LogP contribution in [0.4, 0.5) is 0 Å². The molecule has 0 saturated carbocycles. The van der Waals surface area contributed by atoms with E-state index in [0.29, 0.717) is 11.0 Å². The largest absolute Gasteiger partial charge is 0.480 e. The van der Waals surface area contributed by atoms with Crippen LogP contribution in [0, 0.1) is 0 Å². The van der Waals surface area contributed by atoms with E-state index in [2.05, 4.69) is 9.97 Å². The smallest absolute Gasteiger partial charge is 0.327 e. The summed E-state index contributed by atoms with van der Waals surface area (Å²) < 4.78 is 1.13. The first kappa shape index (κ1) is 8.49. The molecule has 0 radical (unpaired) electrons. The molecule has 14 heavy (non-hydrogen) atoms. The van der Waals surface area contributed by atoms with Crippen LogP contribution in [0.1, 0.15) is 0 Å². The van der Waals surface area contributed by atoms with Gasteiger partial charge in [-0.2, -0.15) is 0 Å². The van der Waals surface area contributed by atoms with Gasteiger partial charge in [-0.25, -0.2) is 4.79 Å². The summed E-state index contributed by atoms with van der Waals surface area (Å²) in [5, 5.41) is 8.58. The van der Waals surface area contributed by atoms with Gasteiger partial charge in [-0.15, -0.1) is 0 Å². The van der Waals surface area contributed by atoms with Crippen LogP contribution in [0.25, 0.3) is 11.0 Å². The maximum absolute atomic E-state index is 11.3. The van der Waals surface area contributed by atoms with Gasteiger partial charge in [-0.3, -0.25) is 14.3 Å². The molecule has 0 aliphatic rings. The number of nitrogens with one attached hydrogen (secondary N) is 1. The number of fused-ring (bicyclic) bond motifs is 1. The van der Waals surface area contributed by atoms with Gasteiger partial charge >= 0.3 is 11.7 Å². The summed E-state index contributed by atoms with van der Waals surface area (Å²) in [5.74, 6) is -1.06. The Morgan fingerprint density at radius 2 is 2.43 bits per heavy atom. The van der Waals surface area contributed by atoms with E-state index in [9.17, 15) is 9.59 Å². The number of aliphatic carboxylic acids is 1. The van der Waals surface area contributed by atoms with Gasteiger partial charge < -0.3 is 10.1 Å². The van der Waals surface area contributed by atoms with Gasteiger partial charge in [0.15, 0.2) is 0 Å². The summed E-state index contributed by atoms with van der Waals surface area (Å²) in [6.07, 6.45) is 2.99. The van der Waals surface area contributed by atoms with Crippen LogP contribution in [-0.2, 0) is 11.3 Å². The predicted molar refractivity (Wildman–Crippen MR) is 48.0 cm³/mol. The average molecular weight is 193 g/mol. The Hall–Kier alpha value is -2.11. The number of aromatic amines is 1. The lowest BCUT2D eigenvalue weighted by atomic mass is 10.4. The number of carboxylic acids is 1. The second-order valence-corrected chi connectivity index (χ2v) is 2.80. The lowest BCUT2D eigenvalue weighted by Crippen LogP contribution is -2.21. The number of rotatable bonds is 2. The highest BCUT2D eigenvalue weighted by molar-refractivity contribution is 5.76. The standard InChI is InChI=1S/C8H7N3O3/c12-7(13)4-11-6-3-9-2-1-5(6)10-8(11)14/h1-3H,4H2,(H,10,14)(H,12,13). The molecular formula is C8H7N3O3. The molecule has 0 unspecified atom stereocenters. The SMILES string of the molecule is O=C(O)Cn1c(=O)[nH]c2ccncc21. The Kier molecular flexibility index (Phi) is 1.81. The summed E-state index contributed by atoms with van der Waals surface area (Å²) in [7, 11) is 0. The maximum atomic E-state index is 11.3. The van der Waals surface area contributed by atoms with Crippen molar-refractivity contribution in [1.82, 2.24) is 14.5 Å². The van der Waals surface area contributed by atoms with Crippen molar-refractivity contribution < 1.29 is 9.90 Å². The van der Waals surface area contributed by atoms with Crippen LogP contribution < -0.4 is 5.69 Å². The molecule has 2 rings (SSSR count). The van der Waals surface area contributed by atoms with Gasteiger partial charge in [0, 0.05) is 6.20 Å². The molecule has 2 aromatic heterocycles. The van der Waals surface area contributed by atoms with Crippen molar-refractivity contribution in [3.8, 4) is 0 Å². The summed E-state index contributed by atoms with van der Waals surface area (Å²) >= 11 is 0. The summed E-state index contributed by atoms with van der Waals surface area (Å²) in [5.41, 5.74) is 0.654. The summed E-state index contributed by atoms with van der Waals surface area (Å²) in [6.45, 7) is -0.357. The normalized spacial score (nSPS) is 10.6. The first-order chi connectivity index (χ1) is 6.68. The first-order valence-electron chi connectivity index (χ1n) is 3.93. The van der Waals surface area contributed by atoms with Crippen LogP contribution >= 0.6 is 0 Å². The molecule has 6 nitrogen and oxygen atoms in total. The highest BCUT2D eigenvalue weighted by Crippen LogP contribution is 2.06. The zero-order valence-electron chi connectivity index (χ0n) is 7.10. The van der Waals surface area contributed by atoms with Gasteiger partial charge in [0.1, 0.15) is 6.54 Å². The van der Waals surface area contributed by atoms with Gasteiger partial charge in [0.25, 0.3) is 0 Å². The Morgan fingerprint density at radius 3 is 3.14 bits per heavy atom. The fraction of sp³-hybridized carbons (Fsp3) is 0.125. The molecule has 0 atom stereocenters. The predicted octanol–water partition coefficient (Wildman–Crippen LogP) is -0.191. The number of H-pyrrole nitrogens is 1. The van der Waals surface area contributed by atoms with Crippen LogP contribution in [0.15, 0.2) is 23.3 Å². The average Bonchev–Trinajstić information content (AvgIpc) is 2.43. The Balaban J connectivity index is 2.68. The fourth-order valence-corrected chi connectivity index (χ4v) is 1.29. The Bertz CT molecular complexity index is 540. The van der Waals surface area contributed by atoms with Gasteiger partial charge in [0.05, 0.1) is 17.2 Å². The summed E-state index contributed by atoms with van der Waals surface area (Å²) in [6, 6.07) is 1.62. The lowest BCUT2D eigenvalue weighted by Gasteiger charge is -1.96. The minimum atomic E-state index is -1.06. The number of nitrogens with zero attached hydrogens (tertiary/aromatic N) is 2. The van der Waals surface area contributed by atoms with Crippen molar-refractivity contribution >= 4 is 17.0 Å². The van der Waals surface area contributed by atoms with E-state index in [1.165, 1.54) is 12.4 Å². The molecule has 0 fully saturated rings. The molecule has 2 aromatic rings. The van der Waals surface area contributed by atoms with E-state index >= 15 is 0 Å². The van der Waals surface area contributed by atoms with Crippen LogP contribution in [0.5, 0.6) is 0 Å².